The zero-order valence-corrected chi connectivity index (χ0v) is 17.8. The standard InChI is InChI=1S/C22H32N2O3S/c1-26-17-12-16(13-18(14-17)27-2)15-24-20(28)23-21(9-5-3-6-10-21)19-8-4-7-11-22(19,24)25/h12-14,19,25H,3-11,15H2,1-2H3,(H,23,28). The van der Waals surface area contributed by atoms with Crippen LogP contribution < -0.4 is 14.8 Å². The molecule has 4 rings (SSSR count). The van der Waals surface area contributed by atoms with Crippen LogP contribution in [0.25, 0.3) is 0 Å². The summed E-state index contributed by atoms with van der Waals surface area (Å²) in [6.07, 6.45) is 10.0. The van der Waals surface area contributed by atoms with Gasteiger partial charge in [-0.2, -0.15) is 0 Å². The van der Waals surface area contributed by atoms with Gasteiger partial charge in [-0.1, -0.05) is 25.7 Å². The highest BCUT2D eigenvalue weighted by atomic mass is 32.1. The summed E-state index contributed by atoms with van der Waals surface area (Å²) < 4.78 is 10.9. The van der Waals surface area contributed by atoms with Crippen molar-refractivity contribution in [3.63, 3.8) is 0 Å². The van der Waals surface area contributed by atoms with E-state index in [1.807, 2.05) is 23.1 Å². The number of ether oxygens (including phenoxy) is 2. The Labute approximate surface area is 173 Å². The van der Waals surface area contributed by atoms with E-state index in [0.717, 1.165) is 49.2 Å². The maximum absolute atomic E-state index is 12.0. The van der Waals surface area contributed by atoms with Crippen LogP contribution in [0.3, 0.4) is 0 Å². The van der Waals surface area contributed by atoms with Crippen molar-refractivity contribution in [2.24, 2.45) is 5.92 Å². The molecule has 154 valence electrons. The van der Waals surface area contributed by atoms with Gasteiger partial charge in [0.15, 0.2) is 5.11 Å². The molecular formula is C22H32N2O3S. The van der Waals surface area contributed by atoms with Crippen molar-refractivity contribution in [2.75, 3.05) is 14.2 Å². The zero-order chi connectivity index (χ0) is 19.8. The summed E-state index contributed by atoms with van der Waals surface area (Å²) in [5.41, 5.74) is 0.110. The summed E-state index contributed by atoms with van der Waals surface area (Å²) in [7, 11) is 3.31. The lowest BCUT2D eigenvalue weighted by Crippen LogP contribution is -2.75. The van der Waals surface area contributed by atoms with Gasteiger partial charge in [0.05, 0.1) is 14.2 Å². The van der Waals surface area contributed by atoms with Crippen LogP contribution in [-0.4, -0.2) is 40.6 Å². The SMILES string of the molecule is COc1cc(CN2C(=S)NC3(CCCCC3)C3CCCCC32O)cc(OC)c1. The molecule has 1 aromatic carbocycles. The summed E-state index contributed by atoms with van der Waals surface area (Å²) in [4.78, 5) is 2.03. The third kappa shape index (κ3) is 3.35. The van der Waals surface area contributed by atoms with Gasteiger partial charge in [0.1, 0.15) is 17.2 Å². The van der Waals surface area contributed by atoms with E-state index in [2.05, 4.69) is 5.32 Å². The molecule has 1 aliphatic heterocycles. The van der Waals surface area contributed by atoms with Crippen LogP contribution >= 0.6 is 12.2 Å². The molecule has 6 heteroatoms. The van der Waals surface area contributed by atoms with Crippen molar-refractivity contribution >= 4 is 17.3 Å². The van der Waals surface area contributed by atoms with Gasteiger partial charge in [-0.15, -0.1) is 0 Å². The van der Waals surface area contributed by atoms with Gasteiger partial charge in [0.25, 0.3) is 0 Å². The predicted molar refractivity (Wildman–Crippen MR) is 114 cm³/mol. The number of fused-ring (bicyclic) bond motifs is 2. The number of hydrogen-bond donors (Lipinski definition) is 2. The molecule has 2 saturated carbocycles. The normalized spacial score (nSPS) is 29.2. The quantitative estimate of drug-likeness (QED) is 0.741. The van der Waals surface area contributed by atoms with Crippen molar-refractivity contribution in [3.05, 3.63) is 23.8 Å². The molecule has 1 saturated heterocycles. The first-order valence-electron chi connectivity index (χ1n) is 10.5. The van der Waals surface area contributed by atoms with Crippen molar-refractivity contribution in [3.8, 4) is 11.5 Å². The third-order valence-corrected chi connectivity index (χ3v) is 7.40. The average molecular weight is 405 g/mol. The van der Waals surface area contributed by atoms with Gasteiger partial charge in [-0.05, 0) is 62.0 Å². The molecule has 0 bridgehead atoms. The molecule has 2 aliphatic carbocycles. The van der Waals surface area contributed by atoms with E-state index in [-0.39, 0.29) is 11.5 Å². The minimum absolute atomic E-state index is 0.0347. The molecule has 0 radical (unpaired) electrons. The highest BCUT2D eigenvalue weighted by molar-refractivity contribution is 7.80. The predicted octanol–water partition coefficient (Wildman–Crippen LogP) is 3.98. The second-order valence-electron chi connectivity index (χ2n) is 8.63. The molecule has 28 heavy (non-hydrogen) atoms. The van der Waals surface area contributed by atoms with Gasteiger partial charge >= 0.3 is 0 Å². The summed E-state index contributed by atoms with van der Waals surface area (Å²) >= 11 is 5.83. The Morgan fingerprint density at radius 2 is 1.68 bits per heavy atom. The Morgan fingerprint density at radius 1 is 1.04 bits per heavy atom. The Balaban J connectivity index is 1.67. The fourth-order valence-corrected chi connectivity index (χ4v) is 6.16. The molecule has 3 aliphatic rings. The van der Waals surface area contributed by atoms with Crippen molar-refractivity contribution < 1.29 is 14.6 Å². The largest absolute Gasteiger partial charge is 0.497 e. The molecule has 1 heterocycles. The van der Waals surface area contributed by atoms with Crippen LogP contribution in [0.4, 0.5) is 0 Å². The maximum Gasteiger partial charge on any atom is 0.171 e. The lowest BCUT2D eigenvalue weighted by Gasteiger charge is -2.61. The number of hydrogen-bond acceptors (Lipinski definition) is 4. The molecule has 3 fully saturated rings. The molecule has 0 amide bonds. The highest BCUT2D eigenvalue weighted by Crippen LogP contribution is 2.50. The van der Waals surface area contributed by atoms with Crippen molar-refractivity contribution in [2.45, 2.75) is 75.6 Å². The topological polar surface area (TPSA) is 54.0 Å². The number of methoxy groups -OCH3 is 2. The van der Waals surface area contributed by atoms with Crippen LogP contribution in [0.1, 0.15) is 63.4 Å². The smallest absolute Gasteiger partial charge is 0.171 e. The van der Waals surface area contributed by atoms with Gasteiger partial charge < -0.3 is 24.8 Å². The van der Waals surface area contributed by atoms with E-state index in [0.29, 0.717) is 11.7 Å². The molecule has 1 aromatic rings. The van der Waals surface area contributed by atoms with Gasteiger partial charge in [-0.3, -0.25) is 0 Å². The van der Waals surface area contributed by atoms with Gasteiger partial charge in [-0.25, -0.2) is 0 Å². The van der Waals surface area contributed by atoms with E-state index in [1.54, 1.807) is 14.2 Å². The van der Waals surface area contributed by atoms with Gasteiger partial charge in [0.2, 0.25) is 0 Å². The third-order valence-electron chi connectivity index (χ3n) is 7.08. The number of nitrogens with zero attached hydrogens (tertiary/aromatic N) is 1. The van der Waals surface area contributed by atoms with E-state index < -0.39 is 5.72 Å². The Kier molecular flexibility index (Phi) is 5.45. The maximum atomic E-state index is 12.0. The summed E-state index contributed by atoms with van der Waals surface area (Å²) in [5, 5.41) is 16.4. The van der Waals surface area contributed by atoms with E-state index in [9.17, 15) is 5.11 Å². The second-order valence-corrected chi connectivity index (χ2v) is 9.02. The average Bonchev–Trinajstić information content (AvgIpc) is 2.71. The lowest BCUT2D eigenvalue weighted by atomic mass is 9.62. The van der Waals surface area contributed by atoms with E-state index >= 15 is 0 Å². The minimum atomic E-state index is -0.881. The first-order valence-corrected chi connectivity index (χ1v) is 11.0. The summed E-state index contributed by atoms with van der Waals surface area (Å²) in [5.74, 6) is 1.72. The van der Waals surface area contributed by atoms with Gasteiger partial charge in [0, 0.05) is 24.1 Å². The first-order chi connectivity index (χ1) is 13.5. The molecule has 0 aromatic heterocycles. The number of rotatable bonds is 4. The molecule has 5 nitrogen and oxygen atoms in total. The number of aliphatic hydroxyl groups is 1. The van der Waals surface area contributed by atoms with Crippen molar-refractivity contribution in [1.82, 2.24) is 10.2 Å². The number of thiocarbonyl (C=S) groups is 1. The monoisotopic (exact) mass is 404 g/mol. The Morgan fingerprint density at radius 3 is 2.32 bits per heavy atom. The summed E-state index contributed by atoms with van der Waals surface area (Å²) in [6.45, 7) is 0.544. The number of benzene rings is 1. The second kappa shape index (κ2) is 7.71. The Hall–Kier alpha value is -1.53. The van der Waals surface area contributed by atoms with E-state index in [1.165, 1.54) is 25.7 Å². The molecule has 2 N–H and O–H groups in total. The molecule has 1 spiro atoms. The van der Waals surface area contributed by atoms with Crippen LogP contribution in [-0.2, 0) is 6.54 Å². The molecule has 2 unspecified atom stereocenters. The van der Waals surface area contributed by atoms with Crippen LogP contribution in [0.2, 0.25) is 0 Å². The number of nitrogens with one attached hydrogen (secondary N) is 1. The minimum Gasteiger partial charge on any atom is -0.497 e. The highest BCUT2D eigenvalue weighted by Gasteiger charge is 2.58. The van der Waals surface area contributed by atoms with Crippen LogP contribution in [0.15, 0.2) is 18.2 Å². The van der Waals surface area contributed by atoms with E-state index in [4.69, 9.17) is 21.7 Å². The van der Waals surface area contributed by atoms with Crippen molar-refractivity contribution in [1.29, 1.82) is 0 Å². The fourth-order valence-electron chi connectivity index (χ4n) is 5.73. The zero-order valence-electron chi connectivity index (χ0n) is 17.0. The first kappa shape index (κ1) is 19.8. The fraction of sp³-hybridized carbons (Fsp3) is 0.682. The lowest BCUT2D eigenvalue weighted by molar-refractivity contribution is -0.184. The van der Waals surface area contributed by atoms with Crippen LogP contribution in [0, 0.1) is 5.92 Å². The Bertz CT molecular complexity index is 712. The van der Waals surface area contributed by atoms with Crippen LogP contribution in [0.5, 0.6) is 11.5 Å². The molecular weight excluding hydrogens is 372 g/mol. The summed E-state index contributed by atoms with van der Waals surface area (Å²) in [6, 6.07) is 5.86. The molecule has 2 atom stereocenters.